The third kappa shape index (κ3) is 2.60. The molecular formula is C14H20N2O. The van der Waals surface area contributed by atoms with E-state index in [-0.39, 0.29) is 5.91 Å². The summed E-state index contributed by atoms with van der Waals surface area (Å²) in [6.07, 6.45) is 1.12. The van der Waals surface area contributed by atoms with Gasteiger partial charge in [-0.1, -0.05) is 13.0 Å². The largest absolute Gasteiger partial charge is 0.378 e. The molecule has 1 unspecified atom stereocenters. The molecule has 1 aliphatic heterocycles. The molecular weight excluding hydrogens is 212 g/mol. The van der Waals surface area contributed by atoms with E-state index in [1.54, 1.807) is 0 Å². The Kier molecular flexibility index (Phi) is 3.36. The van der Waals surface area contributed by atoms with Gasteiger partial charge in [0.25, 0.3) is 5.91 Å². The van der Waals surface area contributed by atoms with Crippen LogP contribution in [0.2, 0.25) is 0 Å². The second kappa shape index (κ2) is 4.78. The molecule has 3 nitrogen and oxygen atoms in total. The molecule has 3 heteroatoms. The van der Waals surface area contributed by atoms with Crippen molar-refractivity contribution < 1.29 is 4.79 Å². The van der Waals surface area contributed by atoms with Crippen molar-refractivity contribution in [2.45, 2.75) is 13.3 Å². The van der Waals surface area contributed by atoms with Crippen LogP contribution in [-0.2, 0) is 0 Å². The molecule has 0 N–H and O–H groups in total. The standard InChI is InChI=1S/C14H20N2O/c1-11-7-8-16(10-11)14(17)12-5-4-6-13(9-12)15(2)3/h4-6,9,11H,7-8,10H2,1-3H3. The Morgan fingerprint density at radius 2 is 2.18 bits per heavy atom. The first kappa shape index (κ1) is 12.0. The topological polar surface area (TPSA) is 23.6 Å². The van der Waals surface area contributed by atoms with Gasteiger partial charge in [-0.2, -0.15) is 0 Å². The lowest BCUT2D eigenvalue weighted by Gasteiger charge is -2.18. The van der Waals surface area contributed by atoms with E-state index in [4.69, 9.17) is 0 Å². The van der Waals surface area contributed by atoms with Crippen LogP contribution < -0.4 is 4.90 Å². The Balaban J connectivity index is 2.16. The van der Waals surface area contributed by atoms with E-state index in [1.165, 1.54) is 0 Å². The SMILES string of the molecule is CC1CCN(C(=O)c2cccc(N(C)C)c2)C1. The molecule has 1 aromatic carbocycles. The lowest BCUT2D eigenvalue weighted by Crippen LogP contribution is -2.28. The van der Waals surface area contributed by atoms with Crippen LogP contribution in [0, 0.1) is 5.92 Å². The molecule has 0 aromatic heterocycles. The summed E-state index contributed by atoms with van der Waals surface area (Å²) in [5.41, 5.74) is 1.87. The van der Waals surface area contributed by atoms with Gasteiger partial charge in [0.2, 0.25) is 0 Å². The summed E-state index contributed by atoms with van der Waals surface area (Å²) >= 11 is 0. The number of anilines is 1. The van der Waals surface area contributed by atoms with Gasteiger partial charge in [-0.25, -0.2) is 0 Å². The minimum Gasteiger partial charge on any atom is -0.378 e. The number of carbonyl (C=O) groups is 1. The molecule has 1 aliphatic rings. The highest BCUT2D eigenvalue weighted by molar-refractivity contribution is 5.95. The number of rotatable bonds is 2. The molecule has 1 heterocycles. The second-order valence-corrected chi connectivity index (χ2v) is 5.09. The molecule has 0 spiro atoms. The van der Waals surface area contributed by atoms with Crippen molar-refractivity contribution in [1.29, 1.82) is 0 Å². The molecule has 1 fully saturated rings. The number of carbonyl (C=O) groups excluding carboxylic acids is 1. The Bertz CT molecular complexity index is 414. The zero-order valence-electron chi connectivity index (χ0n) is 10.8. The number of hydrogen-bond donors (Lipinski definition) is 0. The van der Waals surface area contributed by atoms with Gasteiger partial charge in [-0.15, -0.1) is 0 Å². The maximum atomic E-state index is 12.3. The lowest BCUT2D eigenvalue weighted by molar-refractivity contribution is 0.0788. The van der Waals surface area contributed by atoms with Crippen LogP contribution in [0.25, 0.3) is 0 Å². The molecule has 1 aromatic rings. The van der Waals surface area contributed by atoms with E-state index in [2.05, 4.69) is 6.92 Å². The van der Waals surface area contributed by atoms with E-state index in [0.29, 0.717) is 5.92 Å². The van der Waals surface area contributed by atoms with Crippen molar-refractivity contribution in [3.05, 3.63) is 29.8 Å². The molecule has 2 rings (SSSR count). The van der Waals surface area contributed by atoms with Crippen molar-refractivity contribution in [2.75, 3.05) is 32.1 Å². The summed E-state index contributed by atoms with van der Waals surface area (Å²) in [4.78, 5) is 16.2. The van der Waals surface area contributed by atoms with Crippen LogP contribution in [0.4, 0.5) is 5.69 Å². The molecule has 0 aliphatic carbocycles. The fourth-order valence-corrected chi connectivity index (χ4v) is 2.22. The minimum atomic E-state index is 0.165. The number of hydrogen-bond acceptors (Lipinski definition) is 2. The molecule has 1 saturated heterocycles. The van der Waals surface area contributed by atoms with E-state index in [9.17, 15) is 4.79 Å². The van der Waals surface area contributed by atoms with Crippen LogP contribution in [0.15, 0.2) is 24.3 Å². The molecule has 0 saturated carbocycles. The van der Waals surface area contributed by atoms with Crippen LogP contribution in [0.5, 0.6) is 0 Å². The van der Waals surface area contributed by atoms with Crippen LogP contribution in [0.3, 0.4) is 0 Å². The van der Waals surface area contributed by atoms with Gasteiger partial charge >= 0.3 is 0 Å². The van der Waals surface area contributed by atoms with Crippen LogP contribution in [0.1, 0.15) is 23.7 Å². The predicted octanol–water partition coefficient (Wildman–Crippen LogP) is 2.23. The highest BCUT2D eigenvalue weighted by atomic mass is 16.2. The van der Waals surface area contributed by atoms with E-state index in [1.807, 2.05) is 48.2 Å². The highest BCUT2D eigenvalue weighted by Gasteiger charge is 2.24. The number of likely N-dealkylation sites (tertiary alicyclic amines) is 1. The summed E-state index contributed by atoms with van der Waals surface area (Å²) < 4.78 is 0. The fourth-order valence-electron chi connectivity index (χ4n) is 2.22. The fraction of sp³-hybridized carbons (Fsp3) is 0.500. The Hall–Kier alpha value is -1.51. The average Bonchev–Trinajstić information content (AvgIpc) is 2.75. The first-order valence-corrected chi connectivity index (χ1v) is 6.14. The van der Waals surface area contributed by atoms with Crippen molar-refractivity contribution in [2.24, 2.45) is 5.92 Å². The maximum Gasteiger partial charge on any atom is 0.253 e. The number of benzene rings is 1. The minimum absolute atomic E-state index is 0.165. The molecule has 1 atom stereocenters. The zero-order chi connectivity index (χ0) is 12.4. The van der Waals surface area contributed by atoms with E-state index >= 15 is 0 Å². The van der Waals surface area contributed by atoms with E-state index in [0.717, 1.165) is 30.8 Å². The second-order valence-electron chi connectivity index (χ2n) is 5.09. The zero-order valence-corrected chi connectivity index (χ0v) is 10.8. The van der Waals surface area contributed by atoms with Gasteiger partial charge in [0.15, 0.2) is 0 Å². The maximum absolute atomic E-state index is 12.3. The average molecular weight is 232 g/mol. The van der Waals surface area contributed by atoms with Gasteiger partial charge in [0.05, 0.1) is 0 Å². The quantitative estimate of drug-likeness (QED) is 0.780. The Labute approximate surface area is 103 Å². The summed E-state index contributed by atoms with van der Waals surface area (Å²) in [5, 5.41) is 0. The van der Waals surface area contributed by atoms with E-state index < -0.39 is 0 Å². The summed E-state index contributed by atoms with van der Waals surface area (Å²) in [5.74, 6) is 0.800. The summed E-state index contributed by atoms with van der Waals surface area (Å²) in [7, 11) is 3.98. The predicted molar refractivity (Wildman–Crippen MR) is 70.5 cm³/mol. The van der Waals surface area contributed by atoms with Crippen molar-refractivity contribution in [3.8, 4) is 0 Å². The normalized spacial score (nSPS) is 19.5. The first-order valence-electron chi connectivity index (χ1n) is 6.14. The van der Waals surface area contributed by atoms with Crippen molar-refractivity contribution in [1.82, 2.24) is 4.90 Å². The van der Waals surface area contributed by atoms with Gasteiger partial charge in [0.1, 0.15) is 0 Å². The lowest BCUT2D eigenvalue weighted by atomic mass is 10.1. The molecule has 1 amide bonds. The molecule has 17 heavy (non-hydrogen) atoms. The third-order valence-electron chi connectivity index (χ3n) is 3.32. The molecule has 92 valence electrons. The Morgan fingerprint density at radius 3 is 2.76 bits per heavy atom. The van der Waals surface area contributed by atoms with Gasteiger partial charge < -0.3 is 9.80 Å². The molecule has 0 bridgehead atoms. The van der Waals surface area contributed by atoms with Gasteiger partial charge in [-0.3, -0.25) is 4.79 Å². The monoisotopic (exact) mass is 232 g/mol. The number of amides is 1. The Morgan fingerprint density at radius 1 is 1.41 bits per heavy atom. The van der Waals surface area contributed by atoms with Crippen molar-refractivity contribution in [3.63, 3.8) is 0 Å². The third-order valence-corrected chi connectivity index (χ3v) is 3.32. The van der Waals surface area contributed by atoms with Gasteiger partial charge in [-0.05, 0) is 30.5 Å². The molecule has 0 radical (unpaired) electrons. The van der Waals surface area contributed by atoms with Crippen LogP contribution in [-0.4, -0.2) is 38.0 Å². The smallest absolute Gasteiger partial charge is 0.253 e. The number of nitrogens with zero attached hydrogens (tertiary/aromatic N) is 2. The van der Waals surface area contributed by atoms with Crippen molar-refractivity contribution >= 4 is 11.6 Å². The summed E-state index contributed by atoms with van der Waals surface area (Å²) in [6.45, 7) is 3.99. The van der Waals surface area contributed by atoms with Gasteiger partial charge in [0, 0.05) is 38.4 Å². The highest BCUT2D eigenvalue weighted by Crippen LogP contribution is 2.20. The summed E-state index contributed by atoms with van der Waals surface area (Å²) in [6, 6.07) is 7.83. The van der Waals surface area contributed by atoms with Crippen LogP contribution >= 0.6 is 0 Å². The first-order chi connectivity index (χ1) is 8.08.